The molecule has 3 aromatic carbocycles. The van der Waals surface area contributed by atoms with Gasteiger partial charge in [-0.1, -0.05) is 13.3 Å². The monoisotopic (exact) mass is 602 g/mol. The van der Waals surface area contributed by atoms with Crippen LogP contribution >= 0.6 is 0 Å². The number of ether oxygens (including phenoxy) is 5. The number of aliphatic hydroxyl groups excluding tert-OH is 1. The van der Waals surface area contributed by atoms with Crippen LogP contribution in [0.3, 0.4) is 0 Å². The van der Waals surface area contributed by atoms with Crippen molar-refractivity contribution in [1.29, 1.82) is 0 Å². The lowest BCUT2D eigenvalue weighted by Gasteiger charge is -2.41. The van der Waals surface area contributed by atoms with Crippen molar-refractivity contribution in [2.75, 3.05) is 39.8 Å². The molecule has 1 saturated carbocycles. The molecule has 3 aromatic rings. The Kier molecular flexibility index (Phi) is 7.41. The third kappa shape index (κ3) is 4.51. The van der Waals surface area contributed by atoms with Gasteiger partial charge >= 0.3 is 0 Å². The van der Waals surface area contributed by atoms with Crippen LogP contribution in [0.15, 0.2) is 24.3 Å². The Morgan fingerprint density at radius 1 is 0.886 bits per heavy atom. The number of methoxy groups -OCH3 is 3. The van der Waals surface area contributed by atoms with Gasteiger partial charge in [-0.05, 0) is 61.1 Å². The number of hydrogen-bond acceptors (Lipinski definition) is 9. The summed E-state index contributed by atoms with van der Waals surface area (Å²) < 4.78 is 30.1. The first kappa shape index (κ1) is 28.9. The van der Waals surface area contributed by atoms with Gasteiger partial charge in [0, 0.05) is 65.4 Å². The minimum absolute atomic E-state index is 0.0687. The van der Waals surface area contributed by atoms with E-state index < -0.39 is 6.10 Å². The summed E-state index contributed by atoms with van der Waals surface area (Å²) in [5, 5.41) is 29.8. The molecule has 0 saturated heterocycles. The third-order valence-electron chi connectivity index (χ3n) is 9.94. The molecule has 0 radical (unpaired) electrons. The first-order chi connectivity index (χ1) is 21.4. The highest BCUT2D eigenvalue weighted by Gasteiger charge is 2.41. The maximum absolute atomic E-state index is 12.0. The smallest absolute Gasteiger partial charge is 0.200 e. The maximum atomic E-state index is 12.0. The number of hydrogen-bond donors (Lipinski definition) is 4. The van der Waals surface area contributed by atoms with E-state index in [1.807, 2.05) is 6.07 Å². The second-order valence-electron chi connectivity index (χ2n) is 12.3. The number of benzene rings is 3. The minimum Gasteiger partial charge on any atom is -0.502 e. The van der Waals surface area contributed by atoms with Gasteiger partial charge in [-0.25, -0.2) is 0 Å². The second-order valence-corrected chi connectivity index (χ2v) is 12.3. The Balaban J connectivity index is 1.35. The Labute approximate surface area is 258 Å². The van der Waals surface area contributed by atoms with Crippen molar-refractivity contribution in [2.45, 2.75) is 76.2 Å². The van der Waals surface area contributed by atoms with Crippen molar-refractivity contribution in [3.63, 3.8) is 0 Å². The summed E-state index contributed by atoms with van der Waals surface area (Å²) in [6, 6.07) is 7.61. The summed E-state index contributed by atoms with van der Waals surface area (Å²) in [6.45, 7) is 3.89. The second kappa shape index (κ2) is 11.3. The molecule has 9 heteroatoms. The van der Waals surface area contributed by atoms with E-state index in [1.54, 1.807) is 19.2 Å². The summed E-state index contributed by atoms with van der Waals surface area (Å²) in [7, 11) is 4.73. The molecule has 7 rings (SSSR count). The number of anilines is 1. The van der Waals surface area contributed by atoms with Gasteiger partial charge in [0.2, 0.25) is 5.75 Å². The molecular formula is C35H42N2O7. The fourth-order valence-electron chi connectivity index (χ4n) is 7.86. The van der Waals surface area contributed by atoms with Gasteiger partial charge in [0.1, 0.15) is 17.2 Å². The quantitative estimate of drug-likeness (QED) is 0.232. The fourth-order valence-corrected chi connectivity index (χ4v) is 7.86. The van der Waals surface area contributed by atoms with Crippen LogP contribution < -0.4 is 34.3 Å². The highest BCUT2D eigenvalue weighted by atomic mass is 16.5. The lowest BCUT2D eigenvalue weighted by Crippen LogP contribution is -2.51. The lowest BCUT2D eigenvalue weighted by molar-refractivity contribution is -0.00174. The lowest BCUT2D eigenvalue weighted by atomic mass is 9.74. The largest absolute Gasteiger partial charge is 0.502 e. The first-order valence-corrected chi connectivity index (χ1v) is 15.8. The van der Waals surface area contributed by atoms with Gasteiger partial charge in [-0.3, -0.25) is 5.32 Å². The van der Waals surface area contributed by atoms with E-state index in [0.717, 1.165) is 95.6 Å². The number of phenols is 1. The molecular weight excluding hydrogens is 560 g/mol. The summed E-state index contributed by atoms with van der Waals surface area (Å²) in [4.78, 5) is 0. The Morgan fingerprint density at radius 2 is 1.59 bits per heavy atom. The van der Waals surface area contributed by atoms with Gasteiger partial charge < -0.3 is 39.2 Å². The predicted octanol–water partition coefficient (Wildman–Crippen LogP) is 5.97. The topological polar surface area (TPSA) is 111 Å². The van der Waals surface area contributed by atoms with E-state index >= 15 is 0 Å². The highest BCUT2D eigenvalue weighted by Crippen LogP contribution is 2.56. The average molecular weight is 603 g/mol. The van der Waals surface area contributed by atoms with Crippen molar-refractivity contribution >= 4 is 5.69 Å². The Morgan fingerprint density at radius 3 is 2.27 bits per heavy atom. The van der Waals surface area contributed by atoms with E-state index in [2.05, 4.69) is 23.6 Å². The van der Waals surface area contributed by atoms with Crippen molar-refractivity contribution in [3.05, 3.63) is 52.1 Å². The van der Waals surface area contributed by atoms with Gasteiger partial charge in [0.15, 0.2) is 17.2 Å². The van der Waals surface area contributed by atoms with Crippen molar-refractivity contribution in [3.8, 4) is 45.6 Å². The van der Waals surface area contributed by atoms with Crippen LogP contribution in [0.4, 0.5) is 5.69 Å². The van der Waals surface area contributed by atoms with Gasteiger partial charge in [0.05, 0.1) is 34.0 Å². The summed E-state index contributed by atoms with van der Waals surface area (Å²) in [6.07, 6.45) is 6.15. The van der Waals surface area contributed by atoms with E-state index in [4.69, 9.17) is 23.7 Å². The molecule has 1 fully saturated rings. The van der Waals surface area contributed by atoms with Gasteiger partial charge in [0.25, 0.3) is 0 Å². The summed E-state index contributed by atoms with van der Waals surface area (Å²) >= 11 is 0. The number of phenolic OH excluding ortho intramolecular Hbond substituents is 1. The maximum Gasteiger partial charge on any atom is 0.200 e. The molecule has 2 aliphatic carbocycles. The molecule has 0 bridgehead atoms. The molecule has 4 N–H and O–H groups in total. The van der Waals surface area contributed by atoms with Gasteiger partial charge in [-0.2, -0.15) is 0 Å². The van der Waals surface area contributed by atoms with Crippen LogP contribution in [0.25, 0.3) is 11.1 Å². The SMILES string of the molecule is CCNC1(Oc2cc(OC)c3c4c2CNc2cc5c(c(c2-4)CC3)C(O)C(c2cc(OC)c(O)c(OC)c2)CO5)CCCCC1. The highest BCUT2D eigenvalue weighted by molar-refractivity contribution is 5.93. The molecule has 0 aromatic heterocycles. The molecule has 2 unspecified atom stereocenters. The molecule has 2 atom stereocenters. The van der Waals surface area contributed by atoms with E-state index in [-0.39, 0.29) is 24.0 Å². The standard InChI is InChI=1S/C35H42N2O7/c1-5-37-35(11-7-6-8-12-35)44-26-16-25(40-2)20-9-10-21-31-24(36-17-22(26)30(20)31)15-27-32(21)33(38)23(18-43-27)19-13-28(41-3)34(39)29(14-19)42-4/h13-16,23,33,36-39H,5-12,17-18H2,1-4H3. The van der Waals surface area contributed by atoms with Crippen LogP contribution in [0.2, 0.25) is 0 Å². The molecule has 44 heavy (non-hydrogen) atoms. The number of aliphatic hydroxyl groups is 1. The Hall–Kier alpha value is -3.82. The zero-order valence-corrected chi connectivity index (χ0v) is 26.0. The normalized spacial score (nSPS) is 20.8. The number of nitrogens with one attached hydrogen (secondary N) is 2. The van der Waals surface area contributed by atoms with Crippen molar-refractivity contribution in [1.82, 2.24) is 5.32 Å². The minimum atomic E-state index is -0.828. The molecule has 2 heterocycles. The number of rotatable bonds is 8. The van der Waals surface area contributed by atoms with Crippen molar-refractivity contribution in [2.24, 2.45) is 0 Å². The molecule has 0 amide bonds. The molecule has 2 aliphatic heterocycles. The molecule has 0 spiro atoms. The zero-order valence-electron chi connectivity index (χ0n) is 26.0. The van der Waals surface area contributed by atoms with E-state index in [0.29, 0.717) is 23.8 Å². The predicted molar refractivity (Wildman–Crippen MR) is 168 cm³/mol. The van der Waals surface area contributed by atoms with Crippen LogP contribution in [0.5, 0.6) is 34.5 Å². The van der Waals surface area contributed by atoms with Crippen LogP contribution in [0, 0.1) is 0 Å². The molecule has 234 valence electrons. The molecule has 9 nitrogen and oxygen atoms in total. The Bertz CT molecular complexity index is 1570. The number of aromatic hydroxyl groups is 1. The zero-order chi connectivity index (χ0) is 30.6. The fraction of sp³-hybridized carbons (Fsp3) is 0.486. The first-order valence-electron chi connectivity index (χ1n) is 15.8. The van der Waals surface area contributed by atoms with Crippen molar-refractivity contribution < 1.29 is 33.9 Å². The van der Waals surface area contributed by atoms with Crippen LogP contribution in [-0.4, -0.2) is 50.4 Å². The summed E-state index contributed by atoms with van der Waals surface area (Å²) in [5.74, 6) is 2.53. The summed E-state index contributed by atoms with van der Waals surface area (Å²) in [5.41, 5.74) is 7.86. The van der Waals surface area contributed by atoms with Gasteiger partial charge in [-0.15, -0.1) is 0 Å². The van der Waals surface area contributed by atoms with E-state index in [9.17, 15) is 10.2 Å². The van der Waals surface area contributed by atoms with E-state index in [1.165, 1.54) is 26.2 Å². The average Bonchev–Trinajstić information content (AvgIpc) is 3.04. The number of fused-ring (bicyclic) bond motifs is 2. The molecule has 4 aliphatic rings. The van der Waals surface area contributed by atoms with Crippen LogP contribution in [0.1, 0.15) is 78.9 Å². The third-order valence-corrected chi connectivity index (χ3v) is 9.94. The van der Waals surface area contributed by atoms with Crippen LogP contribution in [-0.2, 0) is 19.4 Å².